The number of benzene rings is 1. The Hall–Kier alpha value is -1.48. The van der Waals surface area contributed by atoms with Gasteiger partial charge < -0.3 is 9.84 Å². The first-order valence-electron chi connectivity index (χ1n) is 8.10. The minimum absolute atomic E-state index is 0.419. The molecule has 0 amide bonds. The molecule has 0 unspecified atom stereocenters. The van der Waals surface area contributed by atoms with Crippen LogP contribution in [0.2, 0.25) is 0 Å². The van der Waals surface area contributed by atoms with E-state index in [4.69, 9.17) is 4.74 Å². The maximum Gasteiger partial charge on any atom is 0.214 e. The quantitative estimate of drug-likeness (QED) is 0.782. The molecule has 0 aliphatic carbocycles. The first-order chi connectivity index (χ1) is 11.6. The molecule has 1 atom stereocenters. The van der Waals surface area contributed by atoms with E-state index >= 15 is 0 Å². The minimum atomic E-state index is -0.419. The summed E-state index contributed by atoms with van der Waals surface area (Å²) in [6, 6.07) is 6.18. The van der Waals surface area contributed by atoms with Gasteiger partial charge in [-0.25, -0.2) is 0 Å². The minimum Gasteiger partial charge on any atom is -0.391 e. The summed E-state index contributed by atoms with van der Waals surface area (Å²) >= 11 is 1.48. The van der Waals surface area contributed by atoms with Gasteiger partial charge in [0.25, 0.3) is 0 Å². The Bertz CT molecular complexity index is 672. The van der Waals surface area contributed by atoms with E-state index in [-0.39, 0.29) is 0 Å². The van der Waals surface area contributed by atoms with E-state index in [0.717, 1.165) is 37.6 Å². The Balaban J connectivity index is 1.61. The highest BCUT2D eigenvalue weighted by atomic mass is 32.2. The smallest absolute Gasteiger partial charge is 0.214 e. The lowest BCUT2D eigenvalue weighted by molar-refractivity contribution is 0.0188. The molecule has 1 aromatic carbocycles. The zero-order chi connectivity index (χ0) is 16.9. The second-order valence-electron chi connectivity index (χ2n) is 6.04. The number of hydrogen-bond donors (Lipinski definition) is 1. The van der Waals surface area contributed by atoms with Gasteiger partial charge in [-0.05, 0) is 35.9 Å². The Kier molecular flexibility index (Phi) is 5.83. The SMILES string of the molecule is Cc1ccc(-n2nnnc2SC[C@@H](O)CN2CCOCC2)c(C)c1. The van der Waals surface area contributed by atoms with E-state index in [1.807, 2.05) is 19.1 Å². The van der Waals surface area contributed by atoms with Crippen LogP contribution in [-0.4, -0.2) is 74.9 Å². The molecule has 1 aliphatic rings. The van der Waals surface area contributed by atoms with Crippen molar-refractivity contribution in [2.24, 2.45) is 0 Å². The number of tetrazole rings is 1. The summed E-state index contributed by atoms with van der Waals surface area (Å²) in [5.41, 5.74) is 3.30. The van der Waals surface area contributed by atoms with Crippen LogP contribution in [0, 0.1) is 13.8 Å². The van der Waals surface area contributed by atoms with Crippen LogP contribution in [0.1, 0.15) is 11.1 Å². The summed E-state index contributed by atoms with van der Waals surface area (Å²) in [4.78, 5) is 2.22. The Morgan fingerprint density at radius 3 is 2.83 bits per heavy atom. The predicted octanol–water partition coefficient (Wildman–Crippen LogP) is 1.06. The maximum atomic E-state index is 10.3. The van der Waals surface area contributed by atoms with Crippen molar-refractivity contribution in [2.75, 3.05) is 38.6 Å². The Morgan fingerprint density at radius 1 is 1.29 bits per heavy atom. The number of β-amino-alcohol motifs (C(OH)–C–C–N with tert-alkyl or cyclic N) is 1. The molecule has 0 spiro atoms. The molecule has 1 aromatic heterocycles. The second-order valence-corrected chi connectivity index (χ2v) is 7.03. The van der Waals surface area contributed by atoms with Crippen LogP contribution in [0.25, 0.3) is 5.69 Å². The molecule has 1 fully saturated rings. The van der Waals surface area contributed by atoms with Gasteiger partial charge in [-0.1, -0.05) is 29.5 Å². The summed E-state index contributed by atoms with van der Waals surface area (Å²) < 4.78 is 7.06. The van der Waals surface area contributed by atoms with Gasteiger partial charge in [-0.15, -0.1) is 5.10 Å². The van der Waals surface area contributed by atoms with Gasteiger partial charge in [-0.2, -0.15) is 4.68 Å². The summed E-state index contributed by atoms with van der Waals surface area (Å²) in [5.74, 6) is 0.558. The van der Waals surface area contributed by atoms with Crippen LogP contribution in [0.3, 0.4) is 0 Å². The van der Waals surface area contributed by atoms with Crippen LogP contribution < -0.4 is 0 Å². The van der Waals surface area contributed by atoms with Crippen molar-refractivity contribution in [2.45, 2.75) is 25.1 Å². The molecule has 7 nitrogen and oxygen atoms in total. The van der Waals surface area contributed by atoms with Gasteiger partial charge in [0, 0.05) is 25.4 Å². The monoisotopic (exact) mass is 349 g/mol. The van der Waals surface area contributed by atoms with Crippen LogP contribution in [0.5, 0.6) is 0 Å². The summed E-state index contributed by atoms with van der Waals surface area (Å²) in [6.07, 6.45) is -0.419. The lowest BCUT2D eigenvalue weighted by atomic mass is 10.1. The highest BCUT2D eigenvalue weighted by Gasteiger charge is 2.17. The van der Waals surface area contributed by atoms with Crippen LogP contribution in [0.15, 0.2) is 23.4 Å². The molecule has 1 aliphatic heterocycles. The molecule has 8 heteroatoms. The maximum absolute atomic E-state index is 10.3. The number of ether oxygens (including phenoxy) is 1. The average molecular weight is 349 g/mol. The first kappa shape index (κ1) is 17.3. The van der Waals surface area contributed by atoms with Crippen molar-refractivity contribution in [3.05, 3.63) is 29.3 Å². The van der Waals surface area contributed by atoms with Crippen molar-refractivity contribution >= 4 is 11.8 Å². The van der Waals surface area contributed by atoms with Crippen molar-refractivity contribution in [1.82, 2.24) is 25.1 Å². The van der Waals surface area contributed by atoms with Crippen molar-refractivity contribution < 1.29 is 9.84 Å². The fourth-order valence-corrected chi connectivity index (χ4v) is 3.57. The number of aliphatic hydroxyl groups excluding tert-OH is 1. The van der Waals surface area contributed by atoms with E-state index in [2.05, 4.69) is 33.4 Å². The molecule has 0 bridgehead atoms. The van der Waals surface area contributed by atoms with Gasteiger partial charge in [0.1, 0.15) is 0 Å². The van der Waals surface area contributed by atoms with Gasteiger partial charge in [-0.3, -0.25) is 4.90 Å². The molecule has 0 saturated carbocycles. The van der Waals surface area contributed by atoms with E-state index in [1.54, 1.807) is 4.68 Å². The molecular formula is C16H23N5O2S. The zero-order valence-electron chi connectivity index (χ0n) is 14.1. The van der Waals surface area contributed by atoms with Crippen molar-refractivity contribution in [1.29, 1.82) is 0 Å². The summed E-state index contributed by atoms with van der Waals surface area (Å²) in [5, 5.41) is 22.9. The van der Waals surface area contributed by atoms with E-state index < -0.39 is 6.10 Å². The van der Waals surface area contributed by atoms with Gasteiger partial charge >= 0.3 is 0 Å². The second kappa shape index (κ2) is 8.06. The fraction of sp³-hybridized carbons (Fsp3) is 0.562. The fourth-order valence-electron chi connectivity index (χ4n) is 2.77. The third kappa shape index (κ3) is 4.32. The van der Waals surface area contributed by atoms with Crippen LogP contribution in [0.4, 0.5) is 0 Å². The van der Waals surface area contributed by atoms with Gasteiger partial charge in [0.05, 0.1) is 25.0 Å². The standard InChI is InChI=1S/C16H23N5O2S/c1-12-3-4-15(13(2)9-12)21-16(17-18-19-21)24-11-14(22)10-20-5-7-23-8-6-20/h3-4,9,14,22H,5-8,10-11H2,1-2H3/t14-/m0/s1. The number of thioether (sulfide) groups is 1. The average Bonchev–Trinajstić information content (AvgIpc) is 3.02. The number of morpholine rings is 1. The van der Waals surface area contributed by atoms with E-state index in [0.29, 0.717) is 17.5 Å². The third-order valence-electron chi connectivity index (χ3n) is 4.00. The van der Waals surface area contributed by atoms with Crippen LogP contribution >= 0.6 is 11.8 Å². The third-order valence-corrected chi connectivity index (χ3v) is 5.06. The molecule has 3 rings (SSSR count). The zero-order valence-corrected chi connectivity index (χ0v) is 14.9. The van der Waals surface area contributed by atoms with Crippen molar-refractivity contribution in [3.63, 3.8) is 0 Å². The van der Waals surface area contributed by atoms with Crippen LogP contribution in [-0.2, 0) is 4.74 Å². The number of rotatable bonds is 6. The Labute approximate surface area is 146 Å². The lowest BCUT2D eigenvalue weighted by Gasteiger charge is -2.28. The molecule has 1 N–H and O–H groups in total. The van der Waals surface area contributed by atoms with Crippen molar-refractivity contribution in [3.8, 4) is 5.69 Å². The Morgan fingerprint density at radius 2 is 2.08 bits per heavy atom. The van der Waals surface area contributed by atoms with E-state index in [1.165, 1.54) is 17.3 Å². The number of aromatic nitrogens is 4. The van der Waals surface area contributed by atoms with E-state index in [9.17, 15) is 5.11 Å². The highest BCUT2D eigenvalue weighted by Crippen LogP contribution is 2.22. The lowest BCUT2D eigenvalue weighted by Crippen LogP contribution is -2.41. The molecule has 2 heterocycles. The summed E-state index contributed by atoms with van der Waals surface area (Å²) in [7, 11) is 0. The molecule has 24 heavy (non-hydrogen) atoms. The summed E-state index contributed by atoms with van der Waals surface area (Å²) in [6.45, 7) is 8.00. The highest BCUT2D eigenvalue weighted by molar-refractivity contribution is 7.99. The number of hydrogen-bond acceptors (Lipinski definition) is 7. The topological polar surface area (TPSA) is 76.3 Å². The van der Waals surface area contributed by atoms with Gasteiger partial charge in [0.15, 0.2) is 0 Å². The normalized spacial score (nSPS) is 17.1. The predicted molar refractivity (Wildman–Crippen MR) is 92.6 cm³/mol. The molecule has 1 saturated heterocycles. The number of aliphatic hydroxyl groups is 1. The van der Waals surface area contributed by atoms with Gasteiger partial charge in [0.2, 0.25) is 5.16 Å². The number of aryl methyl sites for hydroxylation is 2. The largest absolute Gasteiger partial charge is 0.391 e. The molecule has 130 valence electrons. The molecular weight excluding hydrogens is 326 g/mol. The molecule has 0 radical (unpaired) electrons. The molecule has 2 aromatic rings. The first-order valence-corrected chi connectivity index (χ1v) is 9.09. The number of nitrogens with zero attached hydrogens (tertiary/aromatic N) is 5.